The maximum atomic E-state index is 12.5. The molecule has 0 saturated carbocycles. The fourth-order valence-corrected chi connectivity index (χ4v) is 8.03. The van der Waals surface area contributed by atoms with E-state index in [1.54, 1.807) is 24.3 Å². The van der Waals surface area contributed by atoms with Crippen molar-refractivity contribution in [3.05, 3.63) is 149 Å². The van der Waals surface area contributed by atoms with Crippen molar-refractivity contribution in [1.29, 1.82) is 0 Å². The summed E-state index contributed by atoms with van der Waals surface area (Å²) in [4.78, 5) is 1.69. The van der Waals surface area contributed by atoms with Gasteiger partial charge in [0.25, 0.3) is 0 Å². The monoisotopic (exact) mass is 780 g/mol. The molecule has 0 bridgehead atoms. The standard InChI is InChI=1S/C37H40N4O9S3/c1-3-40(25-27-9-7-11-33(23-27)52(45,46)49-38)31-19-15-29(16-20-31)37(35-13-5-6-14-36(35)51(42,43)44)30-17-21-32(22-18-30)41(4-2)26-28-10-8-12-34(24-28)53(47,48)50-39/h5-24H,3-4,25-26H2,1-2,38-39H3/q+2. The van der Waals surface area contributed by atoms with E-state index in [0.717, 1.165) is 22.5 Å². The summed E-state index contributed by atoms with van der Waals surface area (Å²) in [6, 6.07) is 26.4. The Labute approximate surface area is 309 Å². The van der Waals surface area contributed by atoms with Crippen LogP contribution in [0, 0.1) is 0 Å². The minimum Gasteiger partial charge on any atom is -0.744 e. The highest BCUT2D eigenvalue weighted by Gasteiger charge is 2.22. The van der Waals surface area contributed by atoms with Crippen LogP contribution in [0.4, 0.5) is 5.69 Å². The van der Waals surface area contributed by atoms with E-state index in [4.69, 9.17) is 0 Å². The van der Waals surface area contributed by atoms with Crippen molar-refractivity contribution in [3.63, 3.8) is 0 Å². The molecule has 0 radical (unpaired) electrons. The van der Waals surface area contributed by atoms with Crippen molar-refractivity contribution in [1.82, 2.24) is 0 Å². The van der Waals surface area contributed by atoms with Gasteiger partial charge in [-0.25, -0.2) is 13.0 Å². The van der Waals surface area contributed by atoms with Crippen molar-refractivity contribution < 1.29 is 54.7 Å². The molecule has 278 valence electrons. The molecular formula is C37H40N4O9S3+2. The van der Waals surface area contributed by atoms with E-state index in [9.17, 15) is 29.8 Å². The van der Waals surface area contributed by atoms with Gasteiger partial charge >= 0.3 is 20.2 Å². The van der Waals surface area contributed by atoms with E-state index in [0.29, 0.717) is 42.9 Å². The van der Waals surface area contributed by atoms with Crippen LogP contribution in [0.1, 0.15) is 36.1 Å². The van der Waals surface area contributed by atoms with Crippen molar-refractivity contribution >= 4 is 47.3 Å². The maximum Gasteiger partial charge on any atom is 0.342 e. The van der Waals surface area contributed by atoms with E-state index in [1.807, 2.05) is 84.0 Å². The van der Waals surface area contributed by atoms with Gasteiger partial charge in [-0.15, -0.1) is 0 Å². The average Bonchev–Trinajstić information content (AvgIpc) is 3.17. The van der Waals surface area contributed by atoms with Crippen molar-refractivity contribution in [2.24, 2.45) is 0 Å². The quantitative estimate of drug-likeness (QED) is 0.109. The van der Waals surface area contributed by atoms with Crippen LogP contribution in [-0.2, 0) is 52.0 Å². The molecule has 5 rings (SSSR count). The van der Waals surface area contributed by atoms with Gasteiger partial charge in [0.1, 0.15) is 16.7 Å². The predicted molar refractivity (Wildman–Crippen MR) is 197 cm³/mol. The molecule has 0 saturated heterocycles. The zero-order chi connectivity index (χ0) is 38.4. The summed E-state index contributed by atoms with van der Waals surface area (Å²) in [6.45, 7) is 5.91. The van der Waals surface area contributed by atoms with Crippen molar-refractivity contribution in [3.8, 4) is 0 Å². The molecule has 1 aliphatic rings. The molecule has 0 spiro atoms. The third-order valence-electron chi connectivity index (χ3n) is 8.66. The lowest BCUT2D eigenvalue weighted by Gasteiger charge is -2.24. The Morgan fingerprint density at radius 2 is 1.28 bits per heavy atom. The largest absolute Gasteiger partial charge is 0.744 e. The molecule has 53 heavy (non-hydrogen) atoms. The van der Waals surface area contributed by atoms with Crippen LogP contribution in [0.5, 0.6) is 0 Å². The number of nitrogens with zero attached hydrogens (tertiary/aromatic N) is 2. The van der Waals surface area contributed by atoms with Crippen molar-refractivity contribution in [2.75, 3.05) is 18.0 Å². The number of hydrogen-bond donors (Lipinski definition) is 2. The molecule has 4 aromatic rings. The molecule has 0 fully saturated rings. The smallest absolute Gasteiger partial charge is 0.342 e. The lowest BCUT2D eigenvalue weighted by Crippen LogP contribution is -2.51. The maximum absolute atomic E-state index is 12.5. The van der Waals surface area contributed by atoms with Crippen LogP contribution in [0.25, 0.3) is 5.57 Å². The zero-order valence-corrected chi connectivity index (χ0v) is 31.5. The van der Waals surface area contributed by atoms with Gasteiger partial charge in [-0.05, 0) is 90.7 Å². The second-order valence-corrected chi connectivity index (χ2v) is 16.5. The Morgan fingerprint density at radius 1 is 0.717 bits per heavy atom. The lowest BCUT2D eigenvalue weighted by molar-refractivity contribution is -0.635. The third-order valence-corrected chi connectivity index (χ3v) is 11.8. The van der Waals surface area contributed by atoms with Gasteiger partial charge in [0.15, 0.2) is 12.3 Å². The summed E-state index contributed by atoms with van der Waals surface area (Å²) in [5.74, 6) is 6.08. The molecule has 0 atom stereocenters. The van der Waals surface area contributed by atoms with Crippen LogP contribution in [0.3, 0.4) is 0 Å². The first-order valence-corrected chi connectivity index (χ1v) is 20.6. The molecule has 4 aromatic carbocycles. The van der Waals surface area contributed by atoms with Crippen LogP contribution in [-0.4, -0.2) is 53.2 Å². The highest BCUT2D eigenvalue weighted by Crippen LogP contribution is 2.35. The lowest BCUT2D eigenvalue weighted by atomic mass is 9.90. The normalized spacial score (nSPS) is 13.3. The number of benzene rings is 4. The molecule has 0 aliphatic heterocycles. The van der Waals surface area contributed by atoms with E-state index < -0.39 is 30.4 Å². The van der Waals surface area contributed by atoms with E-state index in [1.165, 1.54) is 36.4 Å². The Kier molecular flexibility index (Phi) is 12.3. The number of quaternary nitrogens is 2. The average molecular weight is 781 g/mol. The second-order valence-electron chi connectivity index (χ2n) is 11.9. The van der Waals surface area contributed by atoms with Crippen LogP contribution in [0.2, 0.25) is 0 Å². The van der Waals surface area contributed by atoms with Gasteiger partial charge in [0.05, 0.1) is 14.7 Å². The van der Waals surface area contributed by atoms with Gasteiger partial charge in [-0.3, -0.25) is 0 Å². The molecule has 6 N–H and O–H groups in total. The predicted octanol–water partition coefficient (Wildman–Crippen LogP) is 2.94. The van der Waals surface area contributed by atoms with E-state index >= 15 is 0 Å². The summed E-state index contributed by atoms with van der Waals surface area (Å²) in [5.41, 5.74) is 5.23. The van der Waals surface area contributed by atoms with Gasteiger partial charge in [-0.2, -0.15) is 28.6 Å². The van der Waals surface area contributed by atoms with Crippen LogP contribution in [0.15, 0.2) is 142 Å². The van der Waals surface area contributed by atoms with E-state index in [-0.39, 0.29) is 20.2 Å². The summed E-state index contributed by atoms with van der Waals surface area (Å²) < 4.78 is 97.1. The topological polar surface area (TPSA) is 205 Å². The Morgan fingerprint density at radius 3 is 1.83 bits per heavy atom. The van der Waals surface area contributed by atoms with Gasteiger partial charge in [-0.1, -0.05) is 63.2 Å². The first kappa shape index (κ1) is 39.4. The minimum atomic E-state index is -4.85. The molecule has 1 aliphatic carbocycles. The number of rotatable bonds is 14. The molecular weight excluding hydrogens is 741 g/mol. The first-order chi connectivity index (χ1) is 25.2. The second kappa shape index (κ2) is 16.5. The Hall–Kier alpha value is -4.78. The SMILES string of the molecule is CCN(Cc1cccc(S(=O)(=O)O[NH3+])c1)c1ccc(C(=C2C=CC(=[N+](CC)Cc3cccc(S(=O)(=O)O[NH3+])c3)C=C2)c2ccccc2S(=O)(=O)[O-])cc1. The fraction of sp³-hybridized carbons (Fsp3) is 0.162. The minimum absolute atomic E-state index is 0.000194. The zero-order valence-electron chi connectivity index (χ0n) is 29.1. The van der Waals surface area contributed by atoms with Crippen LogP contribution < -0.4 is 16.7 Å². The molecule has 16 heteroatoms. The highest BCUT2D eigenvalue weighted by molar-refractivity contribution is 7.87. The highest BCUT2D eigenvalue weighted by atomic mass is 32.2. The summed E-state index contributed by atoms with van der Waals surface area (Å²) >= 11 is 0. The number of allylic oxidation sites excluding steroid dienone is 5. The first-order valence-electron chi connectivity index (χ1n) is 16.4. The number of hydrogen-bond acceptors (Lipinski definition) is 10. The molecule has 0 unspecified atom stereocenters. The molecule has 0 amide bonds. The molecule has 13 nitrogen and oxygen atoms in total. The molecule has 0 heterocycles. The number of anilines is 1. The third kappa shape index (κ3) is 9.24. The van der Waals surface area contributed by atoms with Gasteiger partial charge in [0.2, 0.25) is 0 Å². The Balaban J connectivity index is 1.53. The van der Waals surface area contributed by atoms with Crippen molar-refractivity contribution in [2.45, 2.75) is 41.6 Å². The fourth-order valence-electron chi connectivity index (χ4n) is 5.99. The summed E-state index contributed by atoms with van der Waals surface area (Å²) in [6.07, 6.45) is 7.46. The van der Waals surface area contributed by atoms with E-state index in [2.05, 4.69) is 20.4 Å². The Bertz CT molecular complexity index is 2440. The molecule has 0 aromatic heterocycles. The van der Waals surface area contributed by atoms with Gasteiger partial charge in [0, 0.05) is 42.1 Å². The van der Waals surface area contributed by atoms with Gasteiger partial charge < -0.3 is 9.45 Å². The van der Waals surface area contributed by atoms with Crippen LogP contribution >= 0.6 is 0 Å². The summed E-state index contributed by atoms with van der Waals surface area (Å²) in [7, 11) is -12.8. The summed E-state index contributed by atoms with van der Waals surface area (Å²) in [5, 5.41) is 0.